The van der Waals surface area contributed by atoms with Crippen molar-refractivity contribution in [3.63, 3.8) is 0 Å². The van der Waals surface area contributed by atoms with E-state index in [9.17, 15) is 0 Å². The van der Waals surface area contributed by atoms with Gasteiger partial charge in [-0.3, -0.25) is 0 Å². The van der Waals surface area contributed by atoms with Gasteiger partial charge < -0.3 is 13.9 Å². The lowest BCUT2D eigenvalue weighted by Crippen LogP contribution is -2.17. The lowest BCUT2D eigenvalue weighted by molar-refractivity contribution is 0.660. The quantitative estimate of drug-likeness (QED) is 0.196. The van der Waals surface area contributed by atoms with Crippen LogP contribution in [0.2, 0.25) is 0 Å². The van der Waals surface area contributed by atoms with Gasteiger partial charge in [0.25, 0.3) is 0 Å². The number of fused-ring (bicyclic) bond motifs is 9. The molecule has 7 aromatic carbocycles. The molecule has 0 atom stereocenters. The van der Waals surface area contributed by atoms with E-state index in [0.717, 1.165) is 39.0 Å². The zero-order valence-corrected chi connectivity index (χ0v) is 26.8. The number of anilines is 3. The van der Waals surface area contributed by atoms with Crippen molar-refractivity contribution in [3.05, 3.63) is 169 Å². The molecule has 0 fully saturated rings. The Hall–Kier alpha value is -6.06. The Morgan fingerprint density at radius 3 is 1.77 bits per heavy atom. The topological polar surface area (TPSA) is 21.3 Å². The molecule has 0 spiro atoms. The summed E-state index contributed by atoms with van der Waals surface area (Å²) >= 11 is 0. The predicted octanol–water partition coefficient (Wildman–Crippen LogP) is 12.5. The third-order valence-electron chi connectivity index (χ3n) is 10.4. The number of furan rings is 1. The number of nitrogens with zero attached hydrogens (tertiary/aromatic N) is 2. The number of para-hydroxylation sites is 4. The molecule has 1 aliphatic carbocycles. The van der Waals surface area contributed by atoms with Gasteiger partial charge in [0.1, 0.15) is 11.2 Å². The van der Waals surface area contributed by atoms with Crippen LogP contribution in [0.15, 0.2) is 162 Å². The molecule has 2 aromatic heterocycles. The van der Waals surface area contributed by atoms with Crippen LogP contribution in [0.1, 0.15) is 25.0 Å². The minimum Gasteiger partial charge on any atom is -0.456 e. The van der Waals surface area contributed by atoms with Crippen molar-refractivity contribution in [2.45, 2.75) is 19.3 Å². The highest BCUT2D eigenvalue weighted by Gasteiger charge is 2.36. The van der Waals surface area contributed by atoms with Crippen LogP contribution in [0, 0.1) is 0 Å². The van der Waals surface area contributed by atoms with Crippen LogP contribution in [0.5, 0.6) is 0 Å². The number of aromatic nitrogens is 1. The van der Waals surface area contributed by atoms with E-state index in [-0.39, 0.29) is 5.41 Å². The van der Waals surface area contributed by atoms with Crippen LogP contribution < -0.4 is 4.90 Å². The highest BCUT2D eigenvalue weighted by atomic mass is 16.3. The van der Waals surface area contributed by atoms with Gasteiger partial charge in [-0.05, 0) is 95.1 Å². The smallest absolute Gasteiger partial charge is 0.135 e. The summed E-state index contributed by atoms with van der Waals surface area (Å²) in [5.41, 5.74) is 13.9. The van der Waals surface area contributed by atoms with Crippen LogP contribution in [0.4, 0.5) is 17.1 Å². The molecule has 3 heteroatoms. The lowest BCUT2D eigenvalue weighted by atomic mass is 9.82. The van der Waals surface area contributed by atoms with Crippen LogP contribution in [-0.2, 0) is 5.41 Å². The Balaban J connectivity index is 1.12. The molecule has 9 aromatic rings. The highest BCUT2D eigenvalue weighted by Crippen LogP contribution is 2.51. The Morgan fingerprint density at radius 2 is 1.02 bits per heavy atom. The zero-order chi connectivity index (χ0) is 32.0. The second kappa shape index (κ2) is 9.97. The number of hydrogen-bond donors (Lipinski definition) is 0. The molecule has 48 heavy (non-hydrogen) atoms. The van der Waals surface area contributed by atoms with E-state index < -0.39 is 0 Å². The Kier molecular flexibility index (Phi) is 5.63. The maximum absolute atomic E-state index is 6.19. The molecule has 0 amide bonds. The fourth-order valence-corrected chi connectivity index (χ4v) is 8.07. The second-order valence-corrected chi connectivity index (χ2v) is 13.4. The molecular formula is C45H32N2O. The summed E-state index contributed by atoms with van der Waals surface area (Å²) in [6.07, 6.45) is 0. The van der Waals surface area contributed by atoms with E-state index in [2.05, 4.69) is 169 Å². The van der Waals surface area contributed by atoms with Gasteiger partial charge in [0.2, 0.25) is 0 Å². The maximum Gasteiger partial charge on any atom is 0.135 e. The lowest BCUT2D eigenvalue weighted by Gasteiger charge is -2.28. The third kappa shape index (κ3) is 3.82. The van der Waals surface area contributed by atoms with Crippen molar-refractivity contribution in [3.8, 4) is 16.8 Å². The average molecular weight is 617 g/mol. The Bertz CT molecular complexity index is 2660. The molecule has 10 rings (SSSR count). The second-order valence-electron chi connectivity index (χ2n) is 13.4. The summed E-state index contributed by atoms with van der Waals surface area (Å²) in [5, 5.41) is 4.81. The van der Waals surface area contributed by atoms with Gasteiger partial charge in [0.05, 0.1) is 11.0 Å². The molecule has 0 saturated heterocycles. The van der Waals surface area contributed by atoms with Gasteiger partial charge in [0.15, 0.2) is 0 Å². The molecule has 1 aliphatic rings. The molecule has 0 unspecified atom stereocenters. The van der Waals surface area contributed by atoms with Gasteiger partial charge >= 0.3 is 0 Å². The first-order valence-corrected chi connectivity index (χ1v) is 16.6. The van der Waals surface area contributed by atoms with E-state index in [4.69, 9.17) is 4.42 Å². The summed E-state index contributed by atoms with van der Waals surface area (Å²) in [6.45, 7) is 4.74. The van der Waals surface area contributed by atoms with E-state index in [0.29, 0.717) is 0 Å². The highest BCUT2D eigenvalue weighted by molar-refractivity contribution is 6.09. The minimum absolute atomic E-state index is 0.192. The molecule has 0 radical (unpaired) electrons. The van der Waals surface area contributed by atoms with Gasteiger partial charge in [-0.2, -0.15) is 0 Å². The molecule has 3 nitrogen and oxygen atoms in total. The number of hydrogen-bond acceptors (Lipinski definition) is 2. The average Bonchev–Trinajstić information content (AvgIpc) is 3.74. The van der Waals surface area contributed by atoms with Crippen LogP contribution >= 0.6 is 0 Å². The fourth-order valence-electron chi connectivity index (χ4n) is 8.07. The van der Waals surface area contributed by atoms with E-state index in [1.165, 1.54) is 49.7 Å². The zero-order valence-electron chi connectivity index (χ0n) is 26.8. The summed E-state index contributed by atoms with van der Waals surface area (Å²) in [5.74, 6) is 0. The summed E-state index contributed by atoms with van der Waals surface area (Å²) in [4.78, 5) is 2.37. The van der Waals surface area contributed by atoms with Crippen molar-refractivity contribution in [2.75, 3.05) is 4.90 Å². The van der Waals surface area contributed by atoms with Gasteiger partial charge in [-0.15, -0.1) is 0 Å². The first kappa shape index (κ1) is 27.1. The number of rotatable bonds is 4. The fraction of sp³-hybridized carbons (Fsp3) is 0.0667. The summed E-state index contributed by atoms with van der Waals surface area (Å²) < 4.78 is 8.60. The van der Waals surface area contributed by atoms with Crippen molar-refractivity contribution in [1.82, 2.24) is 4.57 Å². The Morgan fingerprint density at radius 1 is 0.458 bits per heavy atom. The Labute approximate surface area is 278 Å². The van der Waals surface area contributed by atoms with E-state index in [1.807, 2.05) is 12.1 Å². The van der Waals surface area contributed by atoms with Crippen molar-refractivity contribution < 1.29 is 4.42 Å². The van der Waals surface area contributed by atoms with Crippen LogP contribution in [0.3, 0.4) is 0 Å². The van der Waals surface area contributed by atoms with Crippen molar-refractivity contribution in [2.24, 2.45) is 0 Å². The number of benzene rings is 7. The first-order chi connectivity index (χ1) is 23.6. The first-order valence-electron chi connectivity index (χ1n) is 16.6. The molecule has 2 heterocycles. The van der Waals surface area contributed by atoms with E-state index in [1.54, 1.807) is 0 Å². The summed E-state index contributed by atoms with van der Waals surface area (Å²) in [6, 6.07) is 57.0. The van der Waals surface area contributed by atoms with E-state index >= 15 is 0 Å². The van der Waals surface area contributed by atoms with Crippen molar-refractivity contribution in [1.29, 1.82) is 0 Å². The predicted molar refractivity (Wildman–Crippen MR) is 200 cm³/mol. The van der Waals surface area contributed by atoms with Gasteiger partial charge in [-0.25, -0.2) is 0 Å². The summed E-state index contributed by atoms with van der Waals surface area (Å²) in [7, 11) is 0. The SMILES string of the molecule is CC1(C)c2cc(N(c3ccccc3)c3ccc4oc5ccccc5c4c3)ccc2-c2ccc(-n3c4ccccc4c4ccccc43)cc21. The van der Waals surface area contributed by atoms with Gasteiger partial charge in [0, 0.05) is 49.7 Å². The molecule has 0 saturated carbocycles. The largest absolute Gasteiger partial charge is 0.456 e. The molecular weight excluding hydrogens is 585 g/mol. The van der Waals surface area contributed by atoms with Crippen LogP contribution in [-0.4, -0.2) is 4.57 Å². The molecule has 228 valence electrons. The standard InChI is InChI=1S/C45H32N2O/c1-45(2)39-27-31(46(29-12-4-3-5-13-29)30-22-25-44-38(26-30)37-16-8-11-19-43(37)48-44)20-23-33(39)34-24-21-32(28-40(34)45)47-41-17-9-6-14-35(41)36-15-7-10-18-42(36)47/h3-28H,1-2H3. The molecule has 0 aliphatic heterocycles. The van der Waals surface area contributed by atoms with Crippen molar-refractivity contribution >= 4 is 60.8 Å². The normalized spacial score (nSPS) is 13.4. The minimum atomic E-state index is -0.192. The monoisotopic (exact) mass is 616 g/mol. The maximum atomic E-state index is 6.19. The molecule has 0 N–H and O–H groups in total. The molecule has 0 bridgehead atoms. The van der Waals surface area contributed by atoms with Crippen LogP contribution in [0.25, 0.3) is 60.6 Å². The third-order valence-corrected chi connectivity index (χ3v) is 10.4. The van der Waals surface area contributed by atoms with Gasteiger partial charge in [-0.1, -0.05) is 98.8 Å².